The molecule has 184 valence electrons. The number of anilines is 1. The second-order valence-electron chi connectivity index (χ2n) is 7.81. The van der Waals surface area contributed by atoms with Gasteiger partial charge in [0.25, 0.3) is 11.8 Å². The van der Waals surface area contributed by atoms with Crippen molar-refractivity contribution in [3.8, 4) is 11.5 Å². The predicted molar refractivity (Wildman–Crippen MR) is 151 cm³/mol. The lowest BCUT2D eigenvalue weighted by Crippen LogP contribution is -2.30. The molecule has 36 heavy (non-hydrogen) atoms. The summed E-state index contributed by atoms with van der Waals surface area (Å²) in [7, 11) is 1.52. The fourth-order valence-corrected chi connectivity index (χ4v) is 5.43. The van der Waals surface area contributed by atoms with E-state index in [0.29, 0.717) is 37.4 Å². The van der Waals surface area contributed by atoms with Crippen molar-refractivity contribution in [3.05, 3.63) is 93.3 Å². The minimum absolute atomic E-state index is 0.117. The Balaban J connectivity index is 1.43. The van der Waals surface area contributed by atoms with Gasteiger partial charge in [0.2, 0.25) is 0 Å². The van der Waals surface area contributed by atoms with Gasteiger partial charge >= 0.3 is 0 Å². The summed E-state index contributed by atoms with van der Waals surface area (Å²) in [6, 6.07) is 22.7. The number of nitrogens with zero attached hydrogens (tertiary/aromatic N) is 1. The number of hydrogen-bond acceptors (Lipinski definition) is 6. The quantitative estimate of drug-likeness (QED) is 0.249. The molecule has 3 aromatic rings. The second-order valence-corrected chi connectivity index (χ2v) is 10.3. The molecule has 0 unspecified atom stereocenters. The first-order valence-corrected chi connectivity index (χ1v) is 13.1. The standard InChI is InChI=1S/C27H23BrN2O4S2/c1-33-22-15-19(14-21(28)25(22)34-17-24(31)29-20-10-6-3-7-11-20)16-23-26(32)30(27(35)36-23)13-12-18-8-4-2-5-9-18/h2-11,14-16H,12-13,17H2,1H3,(H,29,31)/b23-16-. The Morgan fingerprint density at radius 1 is 1.11 bits per heavy atom. The van der Waals surface area contributed by atoms with Crippen molar-refractivity contribution in [3.63, 3.8) is 0 Å². The molecule has 0 radical (unpaired) electrons. The predicted octanol–water partition coefficient (Wildman–Crippen LogP) is 5.92. The number of thioether (sulfide) groups is 1. The highest BCUT2D eigenvalue weighted by Crippen LogP contribution is 2.39. The molecule has 0 aromatic heterocycles. The summed E-state index contributed by atoms with van der Waals surface area (Å²) in [6.07, 6.45) is 2.50. The summed E-state index contributed by atoms with van der Waals surface area (Å²) in [5, 5.41) is 2.78. The molecule has 0 spiro atoms. The first-order chi connectivity index (χ1) is 17.4. The summed E-state index contributed by atoms with van der Waals surface area (Å²) >= 11 is 10.2. The lowest BCUT2D eigenvalue weighted by Gasteiger charge is -2.14. The van der Waals surface area contributed by atoms with Crippen molar-refractivity contribution in [1.29, 1.82) is 0 Å². The van der Waals surface area contributed by atoms with Crippen LogP contribution in [-0.2, 0) is 16.0 Å². The van der Waals surface area contributed by atoms with Gasteiger partial charge in [0.15, 0.2) is 18.1 Å². The summed E-state index contributed by atoms with van der Waals surface area (Å²) in [4.78, 5) is 27.5. The number of para-hydroxylation sites is 1. The molecule has 1 saturated heterocycles. The number of nitrogens with one attached hydrogen (secondary N) is 1. The first kappa shape index (κ1) is 25.9. The molecule has 1 heterocycles. The average molecular weight is 584 g/mol. The number of halogens is 1. The maximum atomic E-state index is 13.0. The molecule has 1 aliphatic heterocycles. The summed E-state index contributed by atoms with van der Waals surface area (Å²) in [5.41, 5.74) is 2.58. The van der Waals surface area contributed by atoms with Crippen LogP contribution in [0.2, 0.25) is 0 Å². The van der Waals surface area contributed by atoms with Crippen LogP contribution >= 0.6 is 39.9 Å². The van der Waals surface area contributed by atoms with Gasteiger partial charge in [-0.25, -0.2) is 0 Å². The Labute approximate surface area is 227 Å². The number of rotatable bonds is 9. The van der Waals surface area contributed by atoms with Crippen molar-refractivity contribution in [2.24, 2.45) is 0 Å². The molecule has 9 heteroatoms. The van der Waals surface area contributed by atoms with Gasteiger partial charge in [-0.2, -0.15) is 0 Å². The molecule has 1 N–H and O–H groups in total. The van der Waals surface area contributed by atoms with Crippen molar-refractivity contribution in [2.45, 2.75) is 6.42 Å². The summed E-state index contributed by atoms with van der Waals surface area (Å²) in [5.74, 6) is 0.420. The van der Waals surface area contributed by atoms with E-state index in [4.69, 9.17) is 21.7 Å². The SMILES string of the molecule is COc1cc(/C=C2\SC(=S)N(CCc3ccccc3)C2=O)cc(Br)c1OCC(=O)Nc1ccccc1. The van der Waals surface area contributed by atoms with Crippen LogP contribution in [0.1, 0.15) is 11.1 Å². The van der Waals surface area contributed by atoms with Gasteiger partial charge < -0.3 is 14.8 Å². The Hall–Kier alpha value is -3.14. The molecule has 4 rings (SSSR count). The molecule has 1 fully saturated rings. The zero-order valence-electron chi connectivity index (χ0n) is 19.4. The largest absolute Gasteiger partial charge is 0.493 e. The van der Waals surface area contributed by atoms with Crippen LogP contribution in [0.5, 0.6) is 11.5 Å². The van der Waals surface area contributed by atoms with E-state index < -0.39 is 0 Å². The smallest absolute Gasteiger partial charge is 0.266 e. The van der Waals surface area contributed by atoms with Crippen molar-refractivity contribution >= 4 is 67.8 Å². The van der Waals surface area contributed by atoms with Gasteiger partial charge in [-0.3, -0.25) is 14.5 Å². The topological polar surface area (TPSA) is 67.9 Å². The lowest BCUT2D eigenvalue weighted by atomic mass is 10.1. The molecular formula is C27H23BrN2O4S2. The normalized spacial score (nSPS) is 14.3. The number of methoxy groups -OCH3 is 1. The van der Waals surface area contributed by atoms with Crippen molar-refractivity contribution in [2.75, 3.05) is 25.6 Å². The molecule has 6 nitrogen and oxygen atoms in total. The maximum absolute atomic E-state index is 13.0. The van der Waals surface area contributed by atoms with Crippen LogP contribution in [0, 0.1) is 0 Å². The van der Waals surface area contributed by atoms with E-state index in [0.717, 1.165) is 17.5 Å². The zero-order valence-corrected chi connectivity index (χ0v) is 22.6. The van der Waals surface area contributed by atoms with Gasteiger partial charge in [-0.1, -0.05) is 72.5 Å². The maximum Gasteiger partial charge on any atom is 0.266 e. The first-order valence-electron chi connectivity index (χ1n) is 11.1. The van der Waals surface area contributed by atoms with Crippen LogP contribution in [0.4, 0.5) is 5.69 Å². The molecule has 1 aliphatic rings. The number of carbonyl (C=O) groups excluding carboxylic acids is 2. The molecule has 3 aromatic carbocycles. The average Bonchev–Trinajstić information content (AvgIpc) is 3.14. The number of benzene rings is 3. The lowest BCUT2D eigenvalue weighted by molar-refractivity contribution is -0.122. The van der Waals surface area contributed by atoms with E-state index in [1.165, 1.54) is 18.9 Å². The van der Waals surface area contributed by atoms with Crippen LogP contribution in [-0.4, -0.2) is 41.3 Å². The Morgan fingerprint density at radius 3 is 2.50 bits per heavy atom. The number of thiocarbonyl (C=S) groups is 1. The molecular weight excluding hydrogens is 560 g/mol. The van der Waals surface area contributed by atoms with E-state index in [9.17, 15) is 9.59 Å². The van der Waals surface area contributed by atoms with E-state index in [-0.39, 0.29) is 18.4 Å². The van der Waals surface area contributed by atoms with Crippen LogP contribution < -0.4 is 14.8 Å². The fraction of sp³-hybridized carbons (Fsp3) is 0.148. The third-order valence-corrected chi connectivity index (χ3v) is 7.26. The van der Waals surface area contributed by atoms with Crippen molar-refractivity contribution < 1.29 is 19.1 Å². The number of ether oxygens (including phenoxy) is 2. The van der Waals surface area contributed by atoms with E-state index in [1.54, 1.807) is 29.2 Å². The van der Waals surface area contributed by atoms with Gasteiger partial charge in [-0.15, -0.1) is 0 Å². The van der Waals surface area contributed by atoms with Gasteiger partial charge in [0.05, 0.1) is 16.5 Å². The van der Waals surface area contributed by atoms with Crippen LogP contribution in [0.3, 0.4) is 0 Å². The number of carbonyl (C=O) groups is 2. The van der Waals surface area contributed by atoms with Gasteiger partial charge in [0.1, 0.15) is 4.32 Å². The molecule has 0 bridgehead atoms. The van der Waals surface area contributed by atoms with Gasteiger partial charge in [0, 0.05) is 12.2 Å². The third kappa shape index (κ3) is 6.54. The number of amides is 2. The Bertz CT molecular complexity index is 1300. The minimum atomic E-state index is -0.293. The summed E-state index contributed by atoms with van der Waals surface area (Å²) in [6.45, 7) is 0.333. The van der Waals surface area contributed by atoms with Gasteiger partial charge in [-0.05, 0) is 63.8 Å². The second kappa shape index (κ2) is 12.2. The van der Waals surface area contributed by atoms with E-state index in [2.05, 4.69) is 21.2 Å². The van der Waals surface area contributed by atoms with E-state index >= 15 is 0 Å². The molecule has 0 aliphatic carbocycles. The highest BCUT2D eigenvalue weighted by atomic mass is 79.9. The van der Waals surface area contributed by atoms with Crippen LogP contribution in [0.15, 0.2) is 82.2 Å². The fourth-order valence-electron chi connectivity index (χ4n) is 3.55. The molecule has 2 amide bonds. The highest BCUT2D eigenvalue weighted by molar-refractivity contribution is 9.10. The minimum Gasteiger partial charge on any atom is -0.493 e. The number of hydrogen-bond donors (Lipinski definition) is 1. The Kier molecular flexibility index (Phi) is 8.79. The monoisotopic (exact) mass is 582 g/mol. The Morgan fingerprint density at radius 2 is 1.81 bits per heavy atom. The van der Waals surface area contributed by atoms with E-state index in [1.807, 2.05) is 54.6 Å². The molecule has 0 saturated carbocycles. The van der Waals surface area contributed by atoms with Crippen molar-refractivity contribution in [1.82, 2.24) is 4.90 Å². The highest BCUT2D eigenvalue weighted by Gasteiger charge is 2.31. The molecule has 0 atom stereocenters. The summed E-state index contributed by atoms with van der Waals surface area (Å²) < 4.78 is 12.4. The zero-order chi connectivity index (χ0) is 25.5. The third-order valence-electron chi connectivity index (χ3n) is 5.30. The van der Waals surface area contributed by atoms with Crippen LogP contribution in [0.25, 0.3) is 6.08 Å².